The second-order valence-electron chi connectivity index (χ2n) is 16.2. The number of benzene rings is 2. The summed E-state index contributed by atoms with van der Waals surface area (Å²) in [5, 5.41) is 31.1. The molecule has 9 amide bonds. The molecular formula is C49H77N11O15. The van der Waals surface area contributed by atoms with Gasteiger partial charge in [0.15, 0.2) is 0 Å². The van der Waals surface area contributed by atoms with E-state index in [0.29, 0.717) is 6.61 Å². The molecule has 0 spiro atoms. The molecule has 2 aromatic carbocycles. The van der Waals surface area contributed by atoms with Gasteiger partial charge in [0.05, 0.1) is 39.3 Å². The Hall–Kier alpha value is -7.55. The molecule has 1 saturated heterocycles. The van der Waals surface area contributed by atoms with Gasteiger partial charge in [0.25, 0.3) is 0 Å². The molecule has 75 heavy (non-hydrogen) atoms. The molecule has 418 valence electrons. The van der Waals surface area contributed by atoms with E-state index in [1.807, 2.05) is 25.1 Å². The van der Waals surface area contributed by atoms with Gasteiger partial charge in [-0.25, -0.2) is 9.59 Å². The molecule has 12 N–H and O–H groups in total. The summed E-state index contributed by atoms with van der Waals surface area (Å²) in [4.78, 5) is 128. The molecule has 0 radical (unpaired) electrons. The monoisotopic (exact) mass is 1060 g/mol. The lowest BCUT2D eigenvalue weighted by Gasteiger charge is -2.19. The normalized spacial score (nSPS) is 11.9. The summed E-state index contributed by atoms with van der Waals surface area (Å²) in [6.07, 6.45) is 7.23. The van der Waals surface area contributed by atoms with Gasteiger partial charge in [-0.15, -0.1) is 0 Å². The number of nitrogens with zero attached hydrogens (tertiary/aromatic N) is 1. The van der Waals surface area contributed by atoms with Crippen LogP contribution in [0, 0.1) is 0 Å². The lowest BCUT2D eigenvalue weighted by Crippen LogP contribution is -2.52. The predicted octanol–water partition coefficient (Wildman–Crippen LogP) is -2.67. The molecule has 1 fully saturated rings. The van der Waals surface area contributed by atoms with Crippen LogP contribution in [0.1, 0.15) is 63.5 Å². The highest BCUT2D eigenvalue weighted by Crippen LogP contribution is 2.05. The van der Waals surface area contributed by atoms with Gasteiger partial charge in [0.2, 0.25) is 53.7 Å². The number of nitrogens with one attached hydrogen (secondary N) is 9. The number of aliphatic carboxylic acids is 1. The maximum absolute atomic E-state index is 12.6. The fourth-order valence-corrected chi connectivity index (χ4v) is 5.58. The molecular weight excluding hydrogens is 983 g/mol. The molecule has 1 aliphatic heterocycles. The Balaban J connectivity index is 0.00000121. The zero-order chi connectivity index (χ0) is 56.1. The molecule has 26 heteroatoms. The number of hydrogen-bond donors (Lipinski definition) is 11. The van der Waals surface area contributed by atoms with Crippen LogP contribution in [0.4, 0.5) is 0 Å². The Labute approximate surface area is 437 Å². The van der Waals surface area contributed by atoms with Crippen LogP contribution in [0.2, 0.25) is 0 Å². The van der Waals surface area contributed by atoms with Crippen molar-refractivity contribution in [3.63, 3.8) is 0 Å². The SMILES string of the molecule is C1CCNCC1.CCCCOC(=O)COCNC(=O)CNC(=O)[C@H](Cc1ccccc1)NC(=O)CNC(=O)CC.CN(C)C=O.NCC(=O)NCC(=O)N[C@@H](Cc1ccccc1)C(=O)NCC(=O)NCOCC(=O)O. The van der Waals surface area contributed by atoms with Crippen molar-refractivity contribution in [2.45, 2.75) is 77.3 Å². The minimum Gasteiger partial charge on any atom is -0.480 e. The van der Waals surface area contributed by atoms with Crippen LogP contribution in [0.3, 0.4) is 0 Å². The third-order valence-corrected chi connectivity index (χ3v) is 9.48. The number of hydrogen-bond acceptors (Lipinski definition) is 16. The number of ether oxygens (including phenoxy) is 3. The summed E-state index contributed by atoms with van der Waals surface area (Å²) in [6, 6.07) is 16.0. The van der Waals surface area contributed by atoms with Crippen molar-refractivity contribution in [1.29, 1.82) is 0 Å². The molecule has 26 nitrogen and oxygen atoms in total. The Bertz CT molecular complexity index is 2000. The van der Waals surface area contributed by atoms with E-state index >= 15 is 0 Å². The number of unbranched alkanes of at least 4 members (excludes halogenated alkanes) is 1. The van der Waals surface area contributed by atoms with Gasteiger partial charge in [0, 0.05) is 33.4 Å². The number of piperidine rings is 1. The average molecular weight is 1060 g/mol. The van der Waals surface area contributed by atoms with E-state index in [0.717, 1.165) is 30.4 Å². The Kier molecular flexibility index (Phi) is 39.6. The Morgan fingerprint density at radius 1 is 0.627 bits per heavy atom. The maximum Gasteiger partial charge on any atom is 0.332 e. The number of esters is 1. The molecule has 0 aromatic heterocycles. The van der Waals surface area contributed by atoms with Crippen LogP contribution < -0.4 is 53.6 Å². The zero-order valence-electron chi connectivity index (χ0n) is 43.3. The number of carboxylic acid groups (broad SMARTS) is 1. The van der Waals surface area contributed by atoms with E-state index in [1.165, 1.54) is 37.3 Å². The topological polar surface area (TPSA) is 373 Å². The van der Waals surface area contributed by atoms with Crippen molar-refractivity contribution in [1.82, 2.24) is 52.8 Å². The van der Waals surface area contributed by atoms with Crippen molar-refractivity contribution >= 4 is 65.6 Å². The van der Waals surface area contributed by atoms with E-state index in [4.69, 9.17) is 20.3 Å². The van der Waals surface area contributed by atoms with Crippen molar-refractivity contribution < 1.29 is 72.1 Å². The summed E-state index contributed by atoms with van der Waals surface area (Å²) in [6.45, 7) is 3.41. The van der Waals surface area contributed by atoms with E-state index in [9.17, 15) is 52.7 Å². The van der Waals surface area contributed by atoms with Crippen LogP contribution >= 0.6 is 0 Å². The maximum atomic E-state index is 12.6. The molecule has 0 aliphatic carbocycles. The first-order valence-corrected chi connectivity index (χ1v) is 24.3. The number of nitrogens with two attached hydrogens (primary N) is 1. The number of carbonyl (C=O) groups excluding carboxylic acids is 10. The number of amides is 9. The van der Waals surface area contributed by atoms with E-state index in [2.05, 4.69) is 52.6 Å². The zero-order valence-corrected chi connectivity index (χ0v) is 43.3. The first kappa shape index (κ1) is 67.5. The van der Waals surface area contributed by atoms with Crippen LogP contribution in [0.15, 0.2) is 60.7 Å². The van der Waals surface area contributed by atoms with Crippen LogP contribution in [-0.4, -0.2) is 181 Å². The lowest BCUT2D eigenvalue weighted by molar-refractivity contribution is -0.150. The highest BCUT2D eigenvalue weighted by Gasteiger charge is 2.23. The van der Waals surface area contributed by atoms with Crippen molar-refractivity contribution in [2.75, 3.05) is 93.2 Å². The minimum atomic E-state index is -1.18. The standard InChI is InChI=1S/C23H34N4O7.C18H25N5O7.C5H11N.C3H7NO/c1-3-5-11-34-22(31)15-33-16-26-20(29)13-25-23(32)18(12-17-9-7-6-8-10-17)27-21(30)14-24-19(28)4-2;19-7-14(24)20-9-16(26)23-13(6-12-4-2-1-3-5-12)18(29)21-8-15(25)22-11-30-10-17(27)28;1-2-4-6-5-3-1;1-4(2)3-5/h6-10,18H,3-5,11-16H2,1-2H3,(H,24,28)(H,25,32)(H,26,29)(H,27,30);1-5,13H,6-11,19H2,(H,20,24)(H,21,29)(H,22,25)(H,23,26)(H,27,28);6H,1-5H2;3H,1-2H3/t18-;13-;;/m00../s1. The number of carboxylic acids is 1. The third kappa shape index (κ3) is 39.6. The molecule has 0 unspecified atom stereocenters. The highest BCUT2D eigenvalue weighted by molar-refractivity contribution is 5.93. The van der Waals surface area contributed by atoms with E-state index in [-0.39, 0.29) is 71.4 Å². The smallest absolute Gasteiger partial charge is 0.332 e. The second kappa shape index (κ2) is 44.0. The Morgan fingerprint density at radius 3 is 1.44 bits per heavy atom. The van der Waals surface area contributed by atoms with Crippen LogP contribution in [-0.2, 0) is 79.8 Å². The molecule has 0 saturated carbocycles. The number of carbonyl (C=O) groups is 11. The largest absolute Gasteiger partial charge is 0.480 e. The molecule has 2 aromatic rings. The first-order valence-electron chi connectivity index (χ1n) is 24.3. The molecule has 3 rings (SSSR count). The first-order chi connectivity index (χ1) is 35.9. The summed E-state index contributed by atoms with van der Waals surface area (Å²) >= 11 is 0. The quantitative estimate of drug-likeness (QED) is 0.0165. The van der Waals surface area contributed by atoms with Gasteiger partial charge in [-0.2, -0.15) is 0 Å². The summed E-state index contributed by atoms with van der Waals surface area (Å²) in [7, 11) is 3.38. The van der Waals surface area contributed by atoms with Crippen LogP contribution in [0.25, 0.3) is 0 Å². The fraction of sp³-hybridized carbons (Fsp3) is 0.531. The second-order valence-corrected chi connectivity index (χ2v) is 16.2. The van der Waals surface area contributed by atoms with Crippen molar-refractivity contribution in [2.24, 2.45) is 5.73 Å². The van der Waals surface area contributed by atoms with Crippen LogP contribution in [0.5, 0.6) is 0 Å². The van der Waals surface area contributed by atoms with Gasteiger partial charge in [-0.3, -0.25) is 43.2 Å². The molecule has 1 aliphatic rings. The average Bonchev–Trinajstić information content (AvgIpc) is 3.41. The number of rotatable bonds is 30. The van der Waals surface area contributed by atoms with Gasteiger partial charge in [-0.1, -0.05) is 87.4 Å². The highest BCUT2D eigenvalue weighted by atomic mass is 16.6. The summed E-state index contributed by atoms with van der Waals surface area (Å²) in [5.74, 6) is -5.94. The van der Waals surface area contributed by atoms with Gasteiger partial charge < -0.3 is 77.8 Å². The fourth-order valence-electron chi connectivity index (χ4n) is 5.58. The van der Waals surface area contributed by atoms with Crippen molar-refractivity contribution in [3.8, 4) is 0 Å². The van der Waals surface area contributed by atoms with E-state index < -0.39 is 78.5 Å². The summed E-state index contributed by atoms with van der Waals surface area (Å²) in [5.41, 5.74) is 6.74. The van der Waals surface area contributed by atoms with Crippen molar-refractivity contribution in [3.05, 3.63) is 71.8 Å². The molecule has 0 bridgehead atoms. The Morgan fingerprint density at radius 2 is 1.07 bits per heavy atom. The van der Waals surface area contributed by atoms with Gasteiger partial charge in [-0.05, 0) is 43.5 Å². The predicted molar refractivity (Wildman–Crippen MR) is 273 cm³/mol. The minimum absolute atomic E-state index is 0.159. The molecule has 1 heterocycles. The third-order valence-electron chi connectivity index (χ3n) is 9.48. The van der Waals surface area contributed by atoms with Gasteiger partial charge in [0.1, 0.15) is 38.8 Å². The summed E-state index contributed by atoms with van der Waals surface area (Å²) < 4.78 is 14.6. The van der Waals surface area contributed by atoms with E-state index in [1.54, 1.807) is 63.5 Å². The lowest BCUT2D eigenvalue weighted by atomic mass is 10.1. The molecule has 2 atom stereocenters. The van der Waals surface area contributed by atoms with Gasteiger partial charge >= 0.3 is 11.9 Å².